The smallest absolute Gasteiger partial charge is 0.248 e. The van der Waals surface area contributed by atoms with E-state index in [4.69, 9.17) is 34.5 Å². The maximum Gasteiger partial charge on any atom is 0.248 e. The van der Waals surface area contributed by atoms with Gasteiger partial charge >= 0.3 is 0 Å². The van der Waals surface area contributed by atoms with Crippen molar-refractivity contribution >= 4 is 118 Å². The molecule has 19 atom stereocenters. The summed E-state index contributed by atoms with van der Waals surface area (Å²) >= 11 is 6.35. The minimum Gasteiger partial charge on any atom is -0.508 e. The first kappa shape index (κ1) is 116. The first-order valence-corrected chi connectivity index (χ1v) is 47.1. The van der Waals surface area contributed by atoms with Crippen LogP contribution in [0.5, 0.6) is 34.5 Å². The Labute approximate surface area is 847 Å². The maximum absolute atomic E-state index is 15.3. The second-order valence-corrected chi connectivity index (χ2v) is 35.8. The lowest BCUT2D eigenvalue weighted by molar-refractivity contribution is -0.138. The van der Waals surface area contributed by atoms with Gasteiger partial charge in [-0.1, -0.05) is 123 Å². The molecule has 1 aliphatic rings. The second-order valence-electron chi connectivity index (χ2n) is 35.3. The molecule has 0 radical (unpaired) electrons. The number of aromatic hydroxyl groups is 6. The zero-order valence-electron chi connectivity index (χ0n) is 80.8. The molecule has 0 bridgehead atoms. The molecule has 1 saturated heterocycles. The number of benzene rings is 7. The van der Waals surface area contributed by atoms with Crippen molar-refractivity contribution in [3.8, 4) is 34.5 Å². The quantitative estimate of drug-likeness (QED) is 0.0292. The van der Waals surface area contributed by atoms with Crippen LogP contribution in [0, 0.1) is 5.92 Å². The molecule has 0 aromatic heterocycles. The molecule has 18 amide bonds. The normalized spacial score (nSPS) is 23.7. The third-order valence-corrected chi connectivity index (χ3v) is 23.5. The van der Waals surface area contributed by atoms with Crippen molar-refractivity contribution in [1.82, 2.24) is 90.4 Å². The van der Waals surface area contributed by atoms with Crippen molar-refractivity contribution in [2.45, 2.75) is 208 Å². The summed E-state index contributed by atoms with van der Waals surface area (Å²) in [4.78, 5) is 264. The van der Waals surface area contributed by atoms with Crippen LogP contribution in [0.3, 0.4) is 0 Å². The Balaban J connectivity index is 1.21. The minimum absolute atomic E-state index is 0.0273. The van der Waals surface area contributed by atoms with Crippen LogP contribution in [-0.2, 0) is 92.7 Å². The molecule has 8 rings (SSSR count). The lowest BCUT2D eigenvalue weighted by atomic mass is 10.0. The van der Waals surface area contributed by atoms with Crippen molar-refractivity contribution < 1.29 is 132 Å². The number of rotatable bonds is 23. The van der Waals surface area contributed by atoms with E-state index >= 15 is 38.4 Å². The molecule has 790 valence electrons. The molecule has 147 heavy (non-hydrogen) atoms. The summed E-state index contributed by atoms with van der Waals surface area (Å²) in [5, 5.41) is 139. The number of primary amides is 1. The van der Waals surface area contributed by atoms with Crippen LogP contribution < -0.4 is 113 Å². The standard InChI is InChI=1S/C98H124ClN21O27/c1-47(2)42-69-88(137)106-48(3)83(132)115-82(58-26-37-71(129)64(99)44-58)90(139)104-41-38-68(108-84(133)65(102)45-72(103)130)87(136)116-78(54-18-29-60(125)30-19-54)95(144)110-67(15-11-40-101)85(134)112-75(50(5)122)93(142)119-81(57-24-35-63(128)36-25-57)98(147)120-80(56-22-33-62(127)34-23-56)97(146)113-74(49(4)121)92(141)111-70(43-52-12-8-7-9-13-52)89(138)109-66(14-10-39-100)86(135)117-79(55-20-31-61(126)32-21-55)96(145)114-76(51(6)123)94(143)118-77(53-16-27-59(124)28-17-53)91(140)105-46-73(131)107-69/h7-9,12-13,16-37,44,47-51,65-70,74-82,121-129H,10-11,14-15,38-43,45-46,100-102H2,1-6H3,(H2,103,130)(H,104,139)(H,105,140)(H,106,137)(H,107,131)(H,108,133)(H,109,138)(H,110,144)(H,111,141)(H,112,134)(H,113,146)(H,114,145)(H,115,132)(H,116,136)(H,117,135)(H,118,143)(H,119,142)(H,120,147)/t48-,49+,50-,51-,65+,66-,67-,68+,69+,70+,74-,75+,76-,77+,78+,79+,80+,81-,82+/m1/s1. The van der Waals surface area contributed by atoms with E-state index in [1.807, 2.05) is 0 Å². The van der Waals surface area contributed by atoms with Gasteiger partial charge in [0.2, 0.25) is 106 Å². The Hall–Kier alpha value is -16.2. The summed E-state index contributed by atoms with van der Waals surface area (Å²) in [5.74, 6) is -24.2. The Kier molecular flexibility index (Phi) is 43.9. The molecule has 7 aromatic rings. The van der Waals surface area contributed by atoms with E-state index in [1.54, 1.807) is 44.2 Å². The van der Waals surface area contributed by atoms with Gasteiger partial charge in [0.25, 0.3) is 0 Å². The molecule has 0 unspecified atom stereocenters. The summed E-state index contributed by atoms with van der Waals surface area (Å²) in [6.07, 6.45) is -8.50. The van der Waals surface area contributed by atoms with E-state index in [0.717, 1.165) is 130 Å². The highest BCUT2D eigenvalue weighted by atomic mass is 35.5. The monoisotopic (exact) mass is 2060 g/mol. The number of nitrogens with one attached hydrogen (secondary N) is 17. The van der Waals surface area contributed by atoms with Gasteiger partial charge in [0.05, 0.1) is 42.3 Å². The maximum atomic E-state index is 15.3. The Morgan fingerprint density at radius 2 is 0.714 bits per heavy atom. The van der Waals surface area contributed by atoms with Gasteiger partial charge in [0.15, 0.2) is 0 Å². The van der Waals surface area contributed by atoms with Crippen LogP contribution in [0.2, 0.25) is 5.02 Å². The van der Waals surface area contributed by atoms with Gasteiger partial charge in [-0.25, -0.2) is 0 Å². The summed E-state index contributed by atoms with van der Waals surface area (Å²) in [6, 6.07) is 4.05. The van der Waals surface area contributed by atoms with Crippen molar-refractivity contribution in [3.63, 3.8) is 0 Å². The fraction of sp³-hybridized carbons (Fsp3) is 0.388. The van der Waals surface area contributed by atoms with Gasteiger partial charge in [-0.3, -0.25) is 86.3 Å². The average molecular weight is 2060 g/mol. The van der Waals surface area contributed by atoms with E-state index in [0.29, 0.717) is 5.56 Å². The molecule has 1 heterocycles. The third-order valence-electron chi connectivity index (χ3n) is 23.2. The number of aliphatic hydroxyl groups excluding tert-OH is 3. The van der Waals surface area contributed by atoms with Crippen molar-refractivity contribution in [3.05, 3.63) is 214 Å². The average Bonchev–Trinajstić information content (AvgIpc) is 0.812. The van der Waals surface area contributed by atoms with E-state index in [2.05, 4.69) is 90.4 Å². The Bertz CT molecular complexity index is 5800. The zero-order chi connectivity index (χ0) is 108. The molecule has 7 aromatic carbocycles. The molecule has 0 aliphatic carbocycles. The van der Waals surface area contributed by atoms with Crippen molar-refractivity contribution in [1.29, 1.82) is 0 Å². The van der Waals surface area contributed by atoms with Gasteiger partial charge in [-0.15, -0.1) is 0 Å². The number of nitrogens with two attached hydrogens (primary N) is 4. The topological polar surface area (TPSA) is 798 Å². The summed E-state index contributed by atoms with van der Waals surface area (Å²) in [6.45, 7) is 5.78. The van der Waals surface area contributed by atoms with Gasteiger partial charge < -0.3 is 159 Å². The van der Waals surface area contributed by atoms with E-state index in [9.17, 15) is 93.9 Å². The van der Waals surface area contributed by atoms with Gasteiger partial charge in [0.1, 0.15) is 125 Å². The summed E-state index contributed by atoms with van der Waals surface area (Å²) < 4.78 is 0. The molecular weight excluding hydrogens is 1940 g/mol. The van der Waals surface area contributed by atoms with Gasteiger partial charge in [-0.2, -0.15) is 0 Å². The molecular formula is C98H124ClN21O27. The highest BCUT2D eigenvalue weighted by Gasteiger charge is 2.43. The number of carbonyl (C=O) groups is 18. The van der Waals surface area contributed by atoms with Gasteiger partial charge in [0, 0.05) is 13.0 Å². The number of amides is 18. The van der Waals surface area contributed by atoms with Gasteiger partial charge in [-0.05, 0) is 197 Å². The number of halogens is 1. The summed E-state index contributed by atoms with van der Waals surface area (Å²) in [7, 11) is 0. The van der Waals surface area contributed by atoms with E-state index in [-0.39, 0.29) is 112 Å². The van der Waals surface area contributed by atoms with Crippen molar-refractivity contribution in [2.24, 2.45) is 28.9 Å². The lowest BCUT2D eigenvalue weighted by Gasteiger charge is -2.30. The first-order valence-electron chi connectivity index (χ1n) is 46.7. The highest BCUT2D eigenvalue weighted by molar-refractivity contribution is 6.32. The van der Waals surface area contributed by atoms with Crippen LogP contribution in [0.15, 0.2) is 170 Å². The number of carbonyl (C=O) groups excluding carboxylic acids is 18. The van der Waals surface area contributed by atoms with Crippen LogP contribution in [0.25, 0.3) is 0 Å². The summed E-state index contributed by atoms with van der Waals surface area (Å²) in [5.41, 5.74) is 23.0. The molecule has 1 fully saturated rings. The minimum atomic E-state index is -2.12. The lowest BCUT2D eigenvalue weighted by Crippen LogP contribution is -2.61. The predicted octanol–water partition coefficient (Wildman–Crippen LogP) is -3.85. The number of hydrogen-bond donors (Lipinski definition) is 30. The largest absolute Gasteiger partial charge is 0.508 e. The van der Waals surface area contributed by atoms with Crippen LogP contribution in [-0.4, -0.2) is 257 Å². The van der Waals surface area contributed by atoms with Crippen LogP contribution >= 0.6 is 11.6 Å². The number of hydrogen-bond acceptors (Lipinski definition) is 30. The van der Waals surface area contributed by atoms with E-state index < -0.39 is 265 Å². The molecule has 34 N–H and O–H groups in total. The van der Waals surface area contributed by atoms with Crippen LogP contribution in [0.4, 0.5) is 0 Å². The molecule has 0 spiro atoms. The second kappa shape index (κ2) is 55.6. The SMILES string of the molecule is CC(C)C[C@@H]1NC(=O)CNC(=O)[C@H](c2ccc(O)cc2)NC(=O)[C@@H]([C@@H](C)O)NC(=O)[C@H](c2ccc(O)cc2)NC(=O)[C@@H](CCCN)NC(=O)[C@H](Cc2ccccc2)NC(=O)[C@@H]([C@H](C)O)NC(=O)[C@H](c2ccc(O)cc2)NC(=O)[C@@H](c2ccc(O)cc2)NC(=O)[C@H]([C@@H](C)O)NC(=O)[C@@H](CCCN)NC(=O)[C@H](c2ccc(O)cc2)NC(=O)[C@@H](NC(=O)[C@@H](N)CC(N)=O)CCNC(=O)[C@H](c2ccc(O)c(Cl)c2)NC(=O)[C@@H](C)NC1=O. The Morgan fingerprint density at radius 3 is 1.13 bits per heavy atom. The Morgan fingerprint density at radius 1 is 0.381 bits per heavy atom. The fourth-order valence-corrected chi connectivity index (χ4v) is 15.3. The predicted molar refractivity (Wildman–Crippen MR) is 526 cm³/mol. The first-order chi connectivity index (χ1) is 69.6. The van der Waals surface area contributed by atoms with Crippen LogP contribution in [0.1, 0.15) is 162 Å². The number of aliphatic hydroxyl groups is 3. The number of phenols is 6. The molecule has 1 aliphatic heterocycles. The number of phenolic OH excluding ortho intramolecular Hbond substituents is 6. The molecule has 0 saturated carbocycles. The van der Waals surface area contributed by atoms with Crippen molar-refractivity contribution in [2.75, 3.05) is 26.2 Å². The molecule has 48 nitrogen and oxygen atoms in total. The zero-order valence-corrected chi connectivity index (χ0v) is 81.5. The van der Waals surface area contributed by atoms with E-state index in [1.165, 1.54) is 37.3 Å². The third kappa shape index (κ3) is 35.1. The highest BCUT2D eigenvalue weighted by Crippen LogP contribution is 2.30. The molecule has 49 heteroatoms. The fourth-order valence-electron chi connectivity index (χ4n) is 15.1.